The summed E-state index contributed by atoms with van der Waals surface area (Å²) in [4.78, 5) is 14.9. The van der Waals surface area contributed by atoms with Crippen LogP contribution in [0.3, 0.4) is 0 Å². The maximum Gasteiger partial charge on any atom is 0.252 e. The van der Waals surface area contributed by atoms with E-state index in [4.69, 9.17) is 4.74 Å². The molecule has 0 aromatic heterocycles. The summed E-state index contributed by atoms with van der Waals surface area (Å²) in [6, 6.07) is 0.363. The summed E-state index contributed by atoms with van der Waals surface area (Å²) >= 11 is 0. The van der Waals surface area contributed by atoms with Crippen LogP contribution in [0.5, 0.6) is 0 Å². The van der Waals surface area contributed by atoms with Gasteiger partial charge in [-0.3, -0.25) is 4.79 Å². The summed E-state index contributed by atoms with van der Waals surface area (Å²) in [5.74, 6) is 1.56. The molecule has 3 nitrogen and oxygen atoms in total. The molecule has 0 aromatic rings. The van der Waals surface area contributed by atoms with Crippen LogP contribution in [0.15, 0.2) is 11.1 Å². The molecule has 4 atom stereocenters. The fourth-order valence-electron chi connectivity index (χ4n) is 4.40. The van der Waals surface area contributed by atoms with E-state index in [1.807, 2.05) is 0 Å². The molecule has 1 saturated carbocycles. The molecule has 0 saturated heterocycles. The van der Waals surface area contributed by atoms with Gasteiger partial charge in [-0.1, -0.05) is 26.7 Å². The lowest BCUT2D eigenvalue weighted by Crippen LogP contribution is -2.50. The quantitative estimate of drug-likeness (QED) is 0.773. The Balaban J connectivity index is 1.88. The van der Waals surface area contributed by atoms with E-state index in [2.05, 4.69) is 18.7 Å². The van der Waals surface area contributed by atoms with Gasteiger partial charge in [0.05, 0.1) is 0 Å². The van der Waals surface area contributed by atoms with Gasteiger partial charge >= 0.3 is 0 Å². The van der Waals surface area contributed by atoms with Gasteiger partial charge in [0.25, 0.3) is 5.91 Å². The number of rotatable bonds is 2. The number of hydrogen-bond acceptors (Lipinski definition) is 2. The molecule has 1 aliphatic heterocycles. The summed E-state index contributed by atoms with van der Waals surface area (Å²) in [5, 5.41) is 0. The zero-order chi connectivity index (χ0) is 14.3. The number of amides is 1. The van der Waals surface area contributed by atoms with E-state index in [-0.39, 0.29) is 12.1 Å². The van der Waals surface area contributed by atoms with Gasteiger partial charge in [0.15, 0.2) is 6.23 Å². The van der Waals surface area contributed by atoms with Crippen LogP contribution in [0.2, 0.25) is 0 Å². The third kappa shape index (κ3) is 2.11. The number of methoxy groups -OCH3 is 1. The molecule has 3 heteroatoms. The van der Waals surface area contributed by atoms with Crippen LogP contribution in [0.1, 0.15) is 58.8 Å². The van der Waals surface area contributed by atoms with Crippen LogP contribution in [-0.2, 0) is 9.53 Å². The van der Waals surface area contributed by atoms with Crippen LogP contribution in [0.25, 0.3) is 0 Å². The number of ether oxygens (including phenoxy) is 1. The highest BCUT2D eigenvalue weighted by Crippen LogP contribution is 2.42. The lowest BCUT2D eigenvalue weighted by molar-refractivity contribution is -0.141. The topological polar surface area (TPSA) is 29.5 Å². The first-order chi connectivity index (χ1) is 9.65. The largest absolute Gasteiger partial charge is 0.357 e. The van der Waals surface area contributed by atoms with Gasteiger partial charge in [-0.05, 0) is 49.5 Å². The Morgan fingerprint density at radius 2 is 1.85 bits per heavy atom. The Labute approximate surface area is 122 Å². The van der Waals surface area contributed by atoms with Crippen molar-refractivity contribution in [3.05, 3.63) is 11.1 Å². The van der Waals surface area contributed by atoms with Crippen molar-refractivity contribution in [2.45, 2.75) is 71.1 Å². The summed E-state index contributed by atoms with van der Waals surface area (Å²) in [6.45, 7) is 4.64. The zero-order valence-electron chi connectivity index (χ0n) is 13.0. The predicted octanol–water partition coefficient (Wildman–Crippen LogP) is 3.50. The molecule has 2 aliphatic carbocycles. The van der Waals surface area contributed by atoms with Gasteiger partial charge in [0, 0.05) is 18.7 Å². The van der Waals surface area contributed by atoms with Crippen molar-refractivity contribution in [1.29, 1.82) is 0 Å². The van der Waals surface area contributed by atoms with Crippen molar-refractivity contribution in [2.24, 2.45) is 11.8 Å². The Bertz CT molecular complexity index is 429. The molecular weight excluding hydrogens is 250 g/mol. The van der Waals surface area contributed by atoms with Crippen molar-refractivity contribution >= 4 is 5.91 Å². The van der Waals surface area contributed by atoms with E-state index < -0.39 is 0 Å². The third-order valence-electron chi connectivity index (χ3n) is 5.80. The summed E-state index contributed by atoms with van der Waals surface area (Å²) in [7, 11) is 1.76. The van der Waals surface area contributed by atoms with Crippen molar-refractivity contribution in [1.82, 2.24) is 4.90 Å². The van der Waals surface area contributed by atoms with Gasteiger partial charge < -0.3 is 9.64 Å². The van der Waals surface area contributed by atoms with E-state index in [1.165, 1.54) is 24.8 Å². The molecule has 0 N–H and O–H groups in total. The van der Waals surface area contributed by atoms with Gasteiger partial charge in [-0.25, -0.2) is 0 Å². The molecular formula is C17H27NO2. The Kier molecular flexibility index (Phi) is 3.89. The van der Waals surface area contributed by atoms with Gasteiger partial charge in [-0.15, -0.1) is 0 Å². The van der Waals surface area contributed by atoms with Crippen molar-refractivity contribution < 1.29 is 9.53 Å². The molecule has 3 aliphatic rings. The highest BCUT2D eigenvalue weighted by molar-refractivity contribution is 5.98. The molecule has 0 aromatic carbocycles. The van der Waals surface area contributed by atoms with E-state index in [1.54, 1.807) is 7.11 Å². The van der Waals surface area contributed by atoms with Gasteiger partial charge in [0.2, 0.25) is 0 Å². The van der Waals surface area contributed by atoms with Crippen molar-refractivity contribution in [2.75, 3.05) is 7.11 Å². The molecule has 1 amide bonds. The molecule has 0 spiro atoms. The van der Waals surface area contributed by atoms with E-state index in [0.29, 0.717) is 17.9 Å². The van der Waals surface area contributed by atoms with Gasteiger partial charge in [0.1, 0.15) is 0 Å². The minimum absolute atomic E-state index is 0.0736. The maximum atomic E-state index is 12.8. The van der Waals surface area contributed by atoms with Crippen LogP contribution in [0.4, 0.5) is 0 Å². The van der Waals surface area contributed by atoms with E-state index in [0.717, 1.165) is 31.3 Å². The molecule has 1 heterocycles. The first kappa shape index (κ1) is 14.1. The lowest BCUT2D eigenvalue weighted by atomic mass is 9.77. The third-order valence-corrected chi connectivity index (χ3v) is 5.80. The summed E-state index contributed by atoms with van der Waals surface area (Å²) in [6.07, 6.45) is 7.97. The number of nitrogens with zero attached hydrogens (tertiary/aromatic N) is 1. The van der Waals surface area contributed by atoms with Crippen LogP contribution in [0, 0.1) is 11.8 Å². The summed E-state index contributed by atoms with van der Waals surface area (Å²) in [5.41, 5.74) is 2.36. The predicted molar refractivity (Wildman–Crippen MR) is 79.1 cm³/mol. The fraction of sp³-hybridized carbons (Fsp3) is 0.824. The smallest absolute Gasteiger partial charge is 0.252 e. The molecule has 1 fully saturated rings. The van der Waals surface area contributed by atoms with Crippen LogP contribution in [-0.4, -0.2) is 30.2 Å². The average molecular weight is 277 g/mol. The van der Waals surface area contributed by atoms with E-state index in [9.17, 15) is 4.79 Å². The minimum atomic E-state index is -0.0736. The first-order valence-corrected chi connectivity index (χ1v) is 8.22. The Morgan fingerprint density at radius 3 is 2.60 bits per heavy atom. The second-order valence-electron chi connectivity index (χ2n) is 6.85. The van der Waals surface area contributed by atoms with Crippen molar-refractivity contribution in [3.8, 4) is 0 Å². The summed E-state index contributed by atoms with van der Waals surface area (Å²) < 4.78 is 5.75. The van der Waals surface area contributed by atoms with E-state index >= 15 is 0 Å². The maximum absolute atomic E-state index is 12.8. The number of carbonyl (C=O) groups is 1. The minimum Gasteiger partial charge on any atom is -0.357 e. The van der Waals surface area contributed by atoms with Crippen molar-refractivity contribution in [3.63, 3.8) is 0 Å². The zero-order valence-corrected chi connectivity index (χ0v) is 13.0. The molecule has 3 rings (SSSR count). The Morgan fingerprint density at radius 1 is 1.10 bits per heavy atom. The van der Waals surface area contributed by atoms with Crippen LogP contribution >= 0.6 is 0 Å². The molecule has 20 heavy (non-hydrogen) atoms. The highest BCUT2D eigenvalue weighted by atomic mass is 16.5. The standard InChI is InChI=1S/C17H27NO2/c1-11-7-6-10-15(12(11)2)18-16(19)13-8-4-5-9-14(13)17(18)20-3/h11-12,15,17H,4-10H2,1-3H3/t11-,12-,15-,17-/m1/s1. The molecule has 112 valence electrons. The second-order valence-corrected chi connectivity index (χ2v) is 6.85. The monoisotopic (exact) mass is 277 g/mol. The number of carbonyl (C=O) groups excluding carboxylic acids is 1. The number of hydrogen-bond donors (Lipinski definition) is 0. The average Bonchev–Trinajstić information content (AvgIpc) is 2.75. The molecule has 0 bridgehead atoms. The molecule has 0 radical (unpaired) electrons. The Hall–Kier alpha value is -0.830. The van der Waals surface area contributed by atoms with Crippen LogP contribution < -0.4 is 0 Å². The molecule has 0 unspecified atom stereocenters. The highest BCUT2D eigenvalue weighted by Gasteiger charge is 2.45. The normalized spacial score (nSPS) is 38.4. The van der Waals surface area contributed by atoms with Gasteiger partial charge in [-0.2, -0.15) is 0 Å². The second kappa shape index (κ2) is 5.51. The SMILES string of the molecule is CO[C@@H]1C2=C(CCCC2)C(=O)N1[C@@H]1CCC[C@@H](C)[C@H]1C. The first-order valence-electron chi connectivity index (χ1n) is 8.22. The lowest BCUT2D eigenvalue weighted by Gasteiger charge is -2.42. The fourth-order valence-corrected chi connectivity index (χ4v) is 4.40.